The lowest BCUT2D eigenvalue weighted by Crippen LogP contribution is -2.05. The van der Waals surface area contributed by atoms with Gasteiger partial charge in [0.05, 0.1) is 0 Å². The van der Waals surface area contributed by atoms with Gasteiger partial charge in [-0.1, -0.05) is 94.6 Å². The molecule has 2 aromatic carbocycles. The Bertz CT molecular complexity index is 840. The van der Waals surface area contributed by atoms with Crippen LogP contribution in [0.15, 0.2) is 54.6 Å². The van der Waals surface area contributed by atoms with E-state index in [4.69, 9.17) is 0 Å². The molecule has 1 aliphatic rings. The van der Waals surface area contributed by atoms with Crippen molar-refractivity contribution in [2.75, 3.05) is 0 Å². The van der Waals surface area contributed by atoms with Crippen LogP contribution in [-0.4, -0.2) is 0 Å². The van der Waals surface area contributed by atoms with Gasteiger partial charge in [-0.3, -0.25) is 0 Å². The summed E-state index contributed by atoms with van der Waals surface area (Å²) < 4.78 is 0. The van der Waals surface area contributed by atoms with Gasteiger partial charge in [-0.15, -0.1) is 0 Å². The number of rotatable bonds is 9. The molecule has 1 unspecified atom stereocenters. The molecule has 0 heterocycles. The number of unbranched alkanes of at least 4 members (excludes halogenated alkanes) is 4. The molecule has 3 rings (SSSR count). The Kier molecular flexibility index (Phi) is 9.30. The number of aryl methyl sites for hydroxylation is 1. The van der Waals surface area contributed by atoms with Crippen molar-refractivity contribution in [1.29, 1.82) is 0 Å². The zero-order valence-electron chi connectivity index (χ0n) is 19.1. The molecule has 158 valence electrons. The van der Waals surface area contributed by atoms with Crippen molar-refractivity contribution < 1.29 is 0 Å². The highest BCUT2D eigenvalue weighted by atomic mass is 14.2. The molecule has 0 fully saturated rings. The number of hydrogen-bond donors (Lipinski definition) is 0. The fraction of sp³-hybridized carbons (Fsp3) is 0.467. The maximum atomic E-state index is 3.33. The van der Waals surface area contributed by atoms with E-state index in [1.165, 1.54) is 87.3 Å². The van der Waals surface area contributed by atoms with Crippen LogP contribution in [0.5, 0.6) is 0 Å². The Morgan fingerprint density at radius 1 is 0.767 bits per heavy atom. The van der Waals surface area contributed by atoms with Gasteiger partial charge in [0.1, 0.15) is 0 Å². The second-order valence-corrected chi connectivity index (χ2v) is 8.85. The topological polar surface area (TPSA) is 0 Å². The first kappa shape index (κ1) is 22.4. The van der Waals surface area contributed by atoms with Crippen molar-refractivity contribution in [3.8, 4) is 11.8 Å². The molecule has 0 saturated carbocycles. The van der Waals surface area contributed by atoms with Crippen LogP contribution in [0, 0.1) is 17.8 Å². The first-order valence-electron chi connectivity index (χ1n) is 12.2. The smallest absolute Gasteiger partial charge is 0.0249 e. The molecule has 2 aromatic rings. The summed E-state index contributed by atoms with van der Waals surface area (Å²) in [7, 11) is 0. The van der Waals surface area contributed by atoms with Crippen LogP contribution in [0.2, 0.25) is 0 Å². The molecule has 0 N–H and O–H groups in total. The molecule has 1 aliphatic carbocycles. The fourth-order valence-corrected chi connectivity index (χ4v) is 4.34. The average molecular weight is 399 g/mol. The zero-order valence-corrected chi connectivity index (χ0v) is 19.1. The SMILES string of the molecule is CCCCCc1ccc(C#Cc2ccc(C3=CCC(CCCCC)CC3)cc2)cc1. The van der Waals surface area contributed by atoms with E-state index in [0.717, 1.165) is 17.0 Å². The molecule has 0 nitrogen and oxygen atoms in total. The Morgan fingerprint density at radius 3 is 2.00 bits per heavy atom. The van der Waals surface area contributed by atoms with E-state index in [2.05, 4.69) is 80.3 Å². The third-order valence-corrected chi connectivity index (χ3v) is 6.37. The summed E-state index contributed by atoms with van der Waals surface area (Å²) in [6.45, 7) is 4.54. The van der Waals surface area contributed by atoms with Gasteiger partial charge in [-0.25, -0.2) is 0 Å². The van der Waals surface area contributed by atoms with E-state index >= 15 is 0 Å². The Labute approximate surface area is 184 Å². The fourth-order valence-electron chi connectivity index (χ4n) is 4.34. The Balaban J connectivity index is 1.53. The third-order valence-electron chi connectivity index (χ3n) is 6.37. The second kappa shape index (κ2) is 12.4. The molecule has 0 saturated heterocycles. The molecule has 1 atom stereocenters. The molecule has 0 aromatic heterocycles. The quantitative estimate of drug-likeness (QED) is 0.293. The molecule has 0 amide bonds. The molecule has 0 bridgehead atoms. The zero-order chi connectivity index (χ0) is 21.0. The van der Waals surface area contributed by atoms with E-state index in [1.807, 2.05) is 0 Å². The summed E-state index contributed by atoms with van der Waals surface area (Å²) in [6.07, 6.45) is 16.9. The predicted molar refractivity (Wildman–Crippen MR) is 132 cm³/mol. The van der Waals surface area contributed by atoms with Crippen molar-refractivity contribution >= 4 is 5.57 Å². The third kappa shape index (κ3) is 7.21. The lowest BCUT2D eigenvalue weighted by atomic mass is 9.84. The number of hydrogen-bond acceptors (Lipinski definition) is 0. The molecule has 0 heteroatoms. The van der Waals surface area contributed by atoms with Crippen LogP contribution in [0.3, 0.4) is 0 Å². The summed E-state index contributed by atoms with van der Waals surface area (Å²) in [5.74, 6) is 7.56. The number of benzene rings is 2. The molecular formula is C30H38. The summed E-state index contributed by atoms with van der Waals surface area (Å²) in [5, 5.41) is 0. The van der Waals surface area contributed by atoms with Crippen LogP contribution >= 0.6 is 0 Å². The highest BCUT2D eigenvalue weighted by Gasteiger charge is 2.14. The predicted octanol–water partition coefficient (Wildman–Crippen LogP) is 8.58. The Hall–Kier alpha value is -2.26. The number of allylic oxidation sites excluding steroid dienone is 2. The second-order valence-electron chi connectivity index (χ2n) is 8.85. The average Bonchev–Trinajstić information content (AvgIpc) is 2.80. The van der Waals surface area contributed by atoms with Crippen LogP contribution in [0.25, 0.3) is 5.57 Å². The standard InChI is InChI=1S/C30H38/c1-3-5-7-9-25-11-13-27(14-12-25)15-16-28-19-23-30(24-20-28)29-21-17-26(18-22-29)10-8-6-4-2/h11-14,19-21,23-24,26H,3-10,17-18,22H2,1-2H3. The van der Waals surface area contributed by atoms with Crippen molar-refractivity contribution in [2.24, 2.45) is 5.92 Å². The van der Waals surface area contributed by atoms with E-state index in [-0.39, 0.29) is 0 Å². The van der Waals surface area contributed by atoms with E-state index in [1.54, 1.807) is 0 Å². The lowest BCUT2D eigenvalue weighted by Gasteiger charge is -2.22. The summed E-state index contributed by atoms with van der Waals surface area (Å²) in [6, 6.07) is 17.6. The van der Waals surface area contributed by atoms with Gasteiger partial charge in [-0.05, 0) is 79.0 Å². The van der Waals surface area contributed by atoms with Gasteiger partial charge in [0.15, 0.2) is 0 Å². The molecule has 0 spiro atoms. The van der Waals surface area contributed by atoms with E-state index in [0.29, 0.717) is 0 Å². The summed E-state index contributed by atoms with van der Waals surface area (Å²) in [5.41, 5.74) is 6.53. The van der Waals surface area contributed by atoms with Gasteiger partial charge in [0, 0.05) is 11.1 Å². The monoisotopic (exact) mass is 398 g/mol. The minimum atomic E-state index is 0.906. The van der Waals surface area contributed by atoms with Crippen LogP contribution in [0.4, 0.5) is 0 Å². The van der Waals surface area contributed by atoms with Gasteiger partial charge in [0.2, 0.25) is 0 Å². The summed E-state index contributed by atoms with van der Waals surface area (Å²) in [4.78, 5) is 0. The van der Waals surface area contributed by atoms with Crippen molar-refractivity contribution in [3.63, 3.8) is 0 Å². The van der Waals surface area contributed by atoms with Gasteiger partial charge in [-0.2, -0.15) is 0 Å². The van der Waals surface area contributed by atoms with E-state index in [9.17, 15) is 0 Å². The lowest BCUT2D eigenvalue weighted by molar-refractivity contribution is 0.428. The highest BCUT2D eigenvalue weighted by Crippen LogP contribution is 2.32. The maximum Gasteiger partial charge on any atom is 0.0249 e. The first-order valence-corrected chi connectivity index (χ1v) is 12.2. The molecule has 30 heavy (non-hydrogen) atoms. The van der Waals surface area contributed by atoms with Gasteiger partial charge in [0.25, 0.3) is 0 Å². The molecule has 0 aliphatic heterocycles. The highest BCUT2D eigenvalue weighted by molar-refractivity contribution is 5.67. The van der Waals surface area contributed by atoms with Gasteiger partial charge >= 0.3 is 0 Å². The van der Waals surface area contributed by atoms with E-state index < -0.39 is 0 Å². The largest absolute Gasteiger partial charge is 0.0804 e. The normalized spacial score (nSPS) is 15.9. The van der Waals surface area contributed by atoms with Crippen molar-refractivity contribution in [3.05, 3.63) is 76.9 Å². The molecule has 0 radical (unpaired) electrons. The van der Waals surface area contributed by atoms with Crippen LogP contribution < -0.4 is 0 Å². The minimum Gasteiger partial charge on any atom is -0.0804 e. The first-order chi connectivity index (χ1) is 14.8. The Morgan fingerprint density at radius 2 is 1.40 bits per heavy atom. The maximum absolute atomic E-state index is 3.33. The van der Waals surface area contributed by atoms with Crippen molar-refractivity contribution in [2.45, 2.75) is 84.5 Å². The van der Waals surface area contributed by atoms with Crippen LogP contribution in [-0.2, 0) is 6.42 Å². The van der Waals surface area contributed by atoms with Crippen molar-refractivity contribution in [1.82, 2.24) is 0 Å². The molecular weight excluding hydrogens is 360 g/mol. The minimum absolute atomic E-state index is 0.906. The van der Waals surface area contributed by atoms with Crippen LogP contribution in [0.1, 0.15) is 100 Å². The summed E-state index contributed by atoms with van der Waals surface area (Å²) >= 11 is 0. The van der Waals surface area contributed by atoms with Gasteiger partial charge < -0.3 is 0 Å².